The van der Waals surface area contributed by atoms with Gasteiger partial charge in [0.05, 0.1) is 6.61 Å². The van der Waals surface area contributed by atoms with Crippen molar-refractivity contribution in [1.29, 1.82) is 0 Å². The van der Waals surface area contributed by atoms with Gasteiger partial charge in [0.2, 0.25) is 0 Å². The normalized spacial score (nSPS) is 23.0. The molecule has 0 aliphatic carbocycles. The molecule has 0 bridgehead atoms. The molecular weight excluding hydrogens is 252 g/mol. The zero-order chi connectivity index (χ0) is 14.7. The van der Waals surface area contributed by atoms with Crippen molar-refractivity contribution in [1.82, 2.24) is 4.90 Å². The van der Waals surface area contributed by atoms with E-state index in [4.69, 9.17) is 10.5 Å². The van der Waals surface area contributed by atoms with Gasteiger partial charge in [0.25, 0.3) is 0 Å². The number of ether oxygens (including phenoxy) is 1. The Morgan fingerprint density at radius 3 is 2.75 bits per heavy atom. The van der Waals surface area contributed by atoms with Crippen LogP contribution >= 0.6 is 0 Å². The van der Waals surface area contributed by atoms with E-state index in [9.17, 15) is 4.79 Å². The number of nitrogens with zero attached hydrogens (tertiary/aromatic N) is 1. The molecule has 2 atom stereocenters. The van der Waals surface area contributed by atoms with Gasteiger partial charge in [-0.1, -0.05) is 6.92 Å². The first-order valence-corrected chi connectivity index (χ1v) is 7.25. The highest BCUT2D eigenvalue weighted by molar-refractivity contribution is 5.94. The van der Waals surface area contributed by atoms with Crippen molar-refractivity contribution < 1.29 is 9.53 Å². The summed E-state index contributed by atoms with van der Waals surface area (Å²) in [5.41, 5.74) is 7.88. The molecule has 1 aromatic carbocycles. The minimum Gasteiger partial charge on any atom is -0.494 e. The smallest absolute Gasteiger partial charge is 0.159 e. The molecule has 0 spiro atoms. The van der Waals surface area contributed by atoms with Gasteiger partial charge in [-0.05, 0) is 38.0 Å². The van der Waals surface area contributed by atoms with Crippen LogP contribution in [0.15, 0.2) is 18.2 Å². The Morgan fingerprint density at radius 2 is 2.20 bits per heavy atom. The van der Waals surface area contributed by atoms with E-state index in [1.54, 1.807) is 6.92 Å². The molecular formula is C16H24N2O2. The summed E-state index contributed by atoms with van der Waals surface area (Å²) in [6, 6.07) is 5.91. The SMILES string of the molecule is CCOc1ccc(C(C)=O)cc1CN1CC(C)C(N)C1. The van der Waals surface area contributed by atoms with E-state index in [0.717, 1.165) is 36.5 Å². The van der Waals surface area contributed by atoms with Crippen molar-refractivity contribution in [2.75, 3.05) is 19.7 Å². The molecule has 0 aromatic heterocycles. The molecule has 1 aliphatic heterocycles. The minimum absolute atomic E-state index is 0.0841. The number of likely N-dealkylation sites (tertiary alicyclic amines) is 1. The summed E-state index contributed by atoms with van der Waals surface area (Å²) in [7, 11) is 0. The van der Waals surface area contributed by atoms with Gasteiger partial charge in [0.15, 0.2) is 5.78 Å². The molecule has 1 heterocycles. The maximum absolute atomic E-state index is 11.5. The van der Waals surface area contributed by atoms with Crippen molar-refractivity contribution in [2.45, 2.75) is 33.4 Å². The third-order valence-electron chi connectivity index (χ3n) is 3.91. The molecule has 0 saturated carbocycles. The molecule has 2 unspecified atom stereocenters. The molecule has 4 heteroatoms. The number of hydrogen-bond donors (Lipinski definition) is 1. The van der Waals surface area contributed by atoms with Crippen molar-refractivity contribution in [3.63, 3.8) is 0 Å². The summed E-state index contributed by atoms with van der Waals surface area (Å²) in [6.45, 7) is 9.05. The first-order valence-electron chi connectivity index (χ1n) is 7.25. The quantitative estimate of drug-likeness (QED) is 0.836. The third kappa shape index (κ3) is 3.38. The van der Waals surface area contributed by atoms with E-state index in [0.29, 0.717) is 12.5 Å². The molecule has 110 valence electrons. The van der Waals surface area contributed by atoms with Gasteiger partial charge in [-0.3, -0.25) is 9.69 Å². The number of hydrogen-bond acceptors (Lipinski definition) is 4. The molecule has 4 nitrogen and oxygen atoms in total. The monoisotopic (exact) mass is 276 g/mol. The Labute approximate surface area is 120 Å². The number of ketones is 1. The Kier molecular flexibility index (Phi) is 4.78. The fourth-order valence-electron chi connectivity index (χ4n) is 2.68. The maximum atomic E-state index is 11.5. The Morgan fingerprint density at radius 1 is 1.45 bits per heavy atom. The molecule has 2 N–H and O–H groups in total. The second kappa shape index (κ2) is 6.37. The highest BCUT2D eigenvalue weighted by atomic mass is 16.5. The largest absolute Gasteiger partial charge is 0.494 e. The highest BCUT2D eigenvalue weighted by Gasteiger charge is 2.27. The summed E-state index contributed by atoms with van der Waals surface area (Å²) in [5.74, 6) is 1.47. The third-order valence-corrected chi connectivity index (χ3v) is 3.91. The van der Waals surface area contributed by atoms with Crippen LogP contribution in [-0.2, 0) is 6.54 Å². The van der Waals surface area contributed by atoms with Gasteiger partial charge in [-0.25, -0.2) is 0 Å². The van der Waals surface area contributed by atoms with Crippen LogP contribution in [-0.4, -0.2) is 36.4 Å². The molecule has 20 heavy (non-hydrogen) atoms. The average Bonchev–Trinajstić information content (AvgIpc) is 2.70. The molecule has 1 aromatic rings. The van der Waals surface area contributed by atoms with E-state index in [1.807, 2.05) is 25.1 Å². The second-order valence-electron chi connectivity index (χ2n) is 5.65. The lowest BCUT2D eigenvalue weighted by Crippen LogP contribution is -2.28. The van der Waals surface area contributed by atoms with Crippen molar-refractivity contribution in [2.24, 2.45) is 11.7 Å². The van der Waals surface area contributed by atoms with Gasteiger partial charge in [-0.15, -0.1) is 0 Å². The Hall–Kier alpha value is -1.39. The van der Waals surface area contributed by atoms with Crippen LogP contribution in [0.3, 0.4) is 0 Å². The number of Topliss-reactive ketones (excluding diaryl/α,β-unsaturated/α-hetero) is 1. The molecule has 2 rings (SSSR count). The zero-order valence-corrected chi connectivity index (χ0v) is 12.6. The van der Waals surface area contributed by atoms with E-state index in [2.05, 4.69) is 11.8 Å². The standard InChI is InChI=1S/C16H24N2O2/c1-4-20-16-6-5-13(12(3)19)7-14(16)9-18-8-11(2)15(17)10-18/h5-7,11,15H,4,8-10,17H2,1-3H3. The summed E-state index contributed by atoms with van der Waals surface area (Å²) >= 11 is 0. The predicted molar refractivity (Wildman–Crippen MR) is 80.0 cm³/mol. The molecule has 1 saturated heterocycles. The molecule has 0 radical (unpaired) electrons. The highest BCUT2D eigenvalue weighted by Crippen LogP contribution is 2.25. The van der Waals surface area contributed by atoms with Gasteiger partial charge >= 0.3 is 0 Å². The second-order valence-corrected chi connectivity index (χ2v) is 5.65. The lowest BCUT2D eigenvalue weighted by Gasteiger charge is -2.18. The molecule has 1 aliphatic rings. The van der Waals surface area contributed by atoms with Gasteiger partial charge in [0, 0.05) is 36.8 Å². The van der Waals surface area contributed by atoms with E-state index in [-0.39, 0.29) is 11.8 Å². The summed E-state index contributed by atoms with van der Waals surface area (Å²) in [4.78, 5) is 13.9. The topological polar surface area (TPSA) is 55.6 Å². The van der Waals surface area contributed by atoms with Crippen molar-refractivity contribution in [3.05, 3.63) is 29.3 Å². The Balaban J connectivity index is 2.19. The van der Waals surface area contributed by atoms with Gasteiger partial charge in [0.1, 0.15) is 5.75 Å². The number of carbonyl (C=O) groups excluding carboxylic acids is 1. The number of carbonyl (C=O) groups is 1. The van der Waals surface area contributed by atoms with E-state index >= 15 is 0 Å². The molecule has 0 amide bonds. The van der Waals surface area contributed by atoms with Gasteiger partial charge < -0.3 is 10.5 Å². The summed E-state index contributed by atoms with van der Waals surface area (Å²) in [5, 5.41) is 0. The van der Waals surface area contributed by atoms with Crippen LogP contribution in [0.2, 0.25) is 0 Å². The van der Waals surface area contributed by atoms with E-state index < -0.39 is 0 Å². The predicted octanol–water partition coefficient (Wildman–Crippen LogP) is 2.07. The number of benzene rings is 1. The van der Waals surface area contributed by atoms with Crippen LogP contribution in [0.25, 0.3) is 0 Å². The van der Waals surface area contributed by atoms with Crippen LogP contribution in [0.5, 0.6) is 5.75 Å². The summed E-state index contributed by atoms with van der Waals surface area (Å²) < 4.78 is 5.67. The number of rotatable bonds is 5. The Bertz CT molecular complexity index is 477. The first-order chi connectivity index (χ1) is 9.51. The lowest BCUT2D eigenvalue weighted by molar-refractivity contribution is 0.101. The minimum atomic E-state index is 0.0841. The first kappa shape index (κ1) is 15.0. The fraction of sp³-hybridized carbons (Fsp3) is 0.562. The van der Waals surface area contributed by atoms with E-state index in [1.165, 1.54) is 0 Å². The van der Waals surface area contributed by atoms with Crippen molar-refractivity contribution in [3.8, 4) is 5.75 Å². The van der Waals surface area contributed by atoms with Crippen LogP contribution in [0.1, 0.15) is 36.7 Å². The van der Waals surface area contributed by atoms with Crippen LogP contribution < -0.4 is 10.5 Å². The fourth-order valence-corrected chi connectivity index (χ4v) is 2.68. The number of nitrogens with two attached hydrogens (primary N) is 1. The zero-order valence-electron chi connectivity index (χ0n) is 12.6. The van der Waals surface area contributed by atoms with Crippen LogP contribution in [0, 0.1) is 5.92 Å². The molecule has 1 fully saturated rings. The maximum Gasteiger partial charge on any atom is 0.159 e. The summed E-state index contributed by atoms with van der Waals surface area (Å²) in [6.07, 6.45) is 0. The average molecular weight is 276 g/mol. The lowest BCUT2D eigenvalue weighted by atomic mass is 10.1. The van der Waals surface area contributed by atoms with Crippen LogP contribution in [0.4, 0.5) is 0 Å². The van der Waals surface area contributed by atoms with Crippen molar-refractivity contribution >= 4 is 5.78 Å². The van der Waals surface area contributed by atoms with Gasteiger partial charge in [-0.2, -0.15) is 0 Å².